The summed E-state index contributed by atoms with van der Waals surface area (Å²) >= 11 is 0. The molecule has 0 aliphatic heterocycles. The molecule has 144 valence electrons. The molecular weight excluding hydrogens is 378 g/mol. The van der Waals surface area contributed by atoms with Crippen molar-refractivity contribution in [2.24, 2.45) is 0 Å². The highest BCUT2D eigenvalue weighted by Crippen LogP contribution is 2.24. The molecule has 0 saturated carbocycles. The summed E-state index contributed by atoms with van der Waals surface area (Å²) in [5.74, 6) is 0.0772. The number of hydrogen-bond acceptors (Lipinski definition) is 5. The van der Waals surface area contributed by atoms with Crippen molar-refractivity contribution in [1.82, 2.24) is 4.98 Å². The molecule has 8 heteroatoms. The molecule has 7 nitrogen and oxygen atoms in total. The number of benzene rings is 2. The number of hydrogen-bond donors (Lipinski definition) is 2. The number of nitrogens with zero attached hydrogens (tertiary/aromatic N) is 1. The number of para-hydroxylation sites is 2. The van der Waals surface area contributed by atoms with E-state index in [-0.39, 0.29) is 16.1 Å². The van der Waals surface area contributed by atoms with E-state index in [1.807, 2.05) is 6.92 Å². The molecule has 2 N–H and O–H groups in total. The van der Waals surface area contributed by atoms with E-state index in [0.29, 0.717) is 11.4 Å². The van der Waals surface area contributed by atoms with Crippen LogP contribution in [-0.2, 0) is 10.0 Å². The molecule has 3 rings (SSSR count). The van der Waals surface area contributed by atoms with Gasteiger partial charge < -0.3 is 10.1 Å². The van der Waals surface area contributed by atoms with Gasteiger partial charge in [0, 0.05) is 6.20 Å². The van der Waals surface area contributed by atoms with Gasteiger partial charge in [0.15, 0.2) is 0 Å². The number of methoxy groups -OCH3 is 1. The van der Waals surface area contributed by atoms with Gasteiger partial charge >= 0.3 is 0 Å². The molecule has 0 saturated heterocycles. The van der Waals surface area contributed by atoms with Crippen LogP contribution in [0.1, 0.15) is 15.9 Å². The molecule has 1 aromatic heterocycles. The molecule has 0 atom stereocenters. The van der Waals surface area contributed by atoms with Gasteiger partial charge in [-0.3, -0.25) is 14.5 Å². The van der Waals surface area contributed by atoms with Crippen LogP contribution in [0.4, 0.5) is 11.4 Å². The second-order valence-electron chi connectivity index (χ2n) is 6.04. The zero-order chi connectivity index (χ0) is 20.1. The molecule has 0 aliphatic carbocycles. The summed E-state index contributed by atoms with van der Waals surface area (Å²) in [6.45, 7) is 1.87. The van der Waals surface area contributed by atoms with Crippen molar-refractivity contribution in [3.63, 3.8) is 0 Å². The average Bonchev–Trinajstić information content (AvgIpc) is 2.68. The normalized spacial score (nSPS) is 10.9. The number of aromatic nitrogens is 1. The standard InChI is InChI=1S/C20H19N3O4S/c1-14-7-9-17(10-8-14)28(25,26)23-16-11-15(12-21-13-16)20(24)22-18-5-3-4-6-19(18)27-2/h3-13,23H,1-2H3,(H,22,24). The summed E-state index contributed by atoms with van der Waals surface area (Å²) in [5, 5.41) is 2.72. The second-order valence-corrected chi connectivity index (χ2v) is 7.72. The minimum Gasteiger partial charge on any atom is -0.495 e. The van der Waals surface area contributed by atoms with Gasteiger partial charge in [-0.15, -0.1) is 0 Å². The van der Waals surface area contributed by atoms with Crippen LogP contribution in [0.2, 0.25) is 0 Å². The molecule has 1 amide bonds. The Labute approximate surface area is 163 Å². The van der Waals surface area contributed by atoms with Crippen LogP contribution in [0.5, 0.6) is 5.75 Å². The average molecular weight is 397 g/mol. The number of ether oxygens (including phenoxy) is 1. The summed E-state index contributed by atoms with van der Waals surface area (Å²) in [5.41, 5.74) is 1.85. The van der Waals surface area contributed by atoms with Gasteiger partial charge in [0.25, 0.3) is 15.9 Å². The third-order valence-electron chi connectivity index (χ3n) is 3.94. The van der Waals surface area contributed by atoms with Crippen molar-refractivity contribution in [3.05, 3.63) is 78.1 Å². The van der Waals surface area contributed by atoms with E-state index in [0.717, 1.165) is 5.56 Å². The number of amides is 1. The molecular formula is C20H19N3O4S. The molecule has 3 aromatic rings. The van der Waals surface area contributed by atoms with Gasteiger partial charge in [0.2, 0.25) is 0 Å². The molecule has 0 radical (unpaired) electrons. The number of carbonyl (C=O) groups is 1. The first-order chi connectivity index (χ1) is 13.4. The van der Waals surface area contributed by atoms with Crippen LogP contribution < -0.4 is 14.8 Å². The molecule has 0 aliphatic rings. The van der Waals surface area contributed by atoms with Gasteiger partial charge in [0.1, 0.15) is 5.75 Å². The first-order valence-electron chi connectivity index (χ1n) is 8.38. The Morgan fingerprint density at radius 1 is 1.04 bits per heavy atom. The lowest BCUT2D eigenvalue weighted by molar-refractivity contribution is 0.102. The number of carbonyl (C=O) groups excluding carboxylic acids is 1. The van der Waals surface area contributed by atoms with Gasteiger partial charge in [-0.1, -0.05) is 29.8 Å². The Balaban J connectivity index is 1.80. The predicted molar refractivity (Wildman–Crippen MR) is 107 cm³/mol. The van der Waals surface area contributed by atoms with Crippen LogP contribution in [0.25, 0.3) is 0 Å². The summed E-state index contributed by atoms with van der Waals surface area (Å²) in [7, 11) is -2.28. The van der Waals surface area contributed by atoms with E-state index in [1.54, 1.807) is 36.4 Å². The molecule has 28 heavy (non-hydrogen) atoms. The monoisotopic (exact) mass is 397 g/mol. The molecule has 0 spiro atoms. The Kier molecular flexibility index (Phi) is 5.60. The van der Waals surface area contributed by atoms with E-state index >= 15 is 0 Å². The van der Waals surface area contributed by atoms with Crippen LogP contribution >= 0.6 is 0 Å². The minimum absolute atomic E-state index is 0.127. The van der Waals surface area contributed by atoms with E-state index in [9.17, 15) is 13.2 Å². The summed E-state index contributed by atoms with van der Waals surface area (Å²) in [6, 6.07) is 14.9. The van der Waals surface area contributed by atoms with E-state index in [4.69, 9.17) is 4.74 Å². The van der Waals surface area contributed by atoms with Crippen LogP contribution in [0.15, 0.2) is 71.9 Å². The lowest BCUT2D eigenvalue weighted by atomic mass is 10.2. The van der Waals surface area contributed by atoms with Crippen LogP contribution in [-0.4, -0.2) is 26.4 Å². The van der Waals surface area contributed by atoms with Crippen molar-refractivity contribution in [2.45, 2.75) is 11.8 Å². The quantitative estimate of drug-likeness (QED) is 0.664. The fraction of sp³-hybridized carbons (Fsp3) is 0.100. The largest absolute Gasteiger partial charge is 0.495 e. The number of pyridine rings is 1. The van der Waals surface area contributed by atoms with Crippen molar-refractivity contribution in [1.29, 1.82) is 0 Å². The number of sulfonamides is 1. The molecule has 2 aromatic carbocycles. The van der Waals surface area contributed by atoms with E-state index in [2.05, 4.69) is 15.0 Å². The maximum absolute atomic E-state index is 12.5. The maximum Gasteiger partial charge on any atom is 0.261 e. The molecule has 0 bridgehead atoms. The fourth-order valence-electron chi connectivity index (χ4n) is 2.49. The molecule has 0 fully saturated rings. The third kappa shape index (κ3) is 4.47. The Bertz CT molecular complexity index is 1100. The van der Waals surface area contributed by atoms with Crippen molar-refractivity contribution in [2.75, 3.05) is 17.1 Å². The van der Waals surface area contributed by atoms with Crippen molar-refractivity contribution < 1.29 is 17.9 Å². The first-order valence-corrected chi connectivity index (χ1v) is 9.86. The predicted octanol–water partition coefficient (Wildman–Crippen LogP) is 3.45. The fourth-order valence-corrected chi connectivity index (χ4v) is 3.53. The summed E-state index contributed by atoms with van der Waals surface area (Å²) < 4.78 is 32.7. The minimum atomic E-state index is -3.78. The Hall–Kier alpha value is -3.39. The lowest BCUT2D eigenvalue weighted by Gasteiger charge is -2.11. The topological polar surface area (TPSA) is 97.4 Å². The Morgan fingerprint density at radius 2 is 1.75 bits per heavy atom. The van der Waals surface area contributed by atoms with Gasteiger partial charge in [0.05, 0.1) is 35.1 Å². The molecule has 1 heterocycles. The van der Waals surface area contributed by atoms with E-state index in [1.165, 1.54) is 37.7 Å². The maximum atomic E-state index is 12.5. The third-order valence-corrected chi connectivity index (χ3v) is 5.34. The van der Waals surface area contributed by atoms with Gasteiger partial charge in [-0.25, -0.2) is 8.42 Å². The number of nitrogens with one attached hydrogen (secondary N) is 2. The SMILES string of the molecule is COc1ccccc1NC(=O)c1cncc(NS(=O)(=O)c2ccc(C)cc2)c1. The van der Waals surface area contributed by atoms with Crippen LogP contribution in [0.3, 0.4) is 0 Å². The zero-order valence-corrected chi connectivity index (χ0v) is 16.2. The summed E-state index contributed by atoms with van der Waals surface area (Å²) in [6.07, 6.45) is 2.69. The summed E-state index contributed by atoms with van der Waals surface area (Å²) in [4.78, 5) is 16.6. The smallest absolute Gasteiger partial charge is 0.261 e. The number of aryl methyl sites for hydroxylation is 1. The van der Waals surface area contributed by atoms with Crippen molar-refractivity contribution >= 4 is 27.3 Å². The number of rotatable bonds is 6. The highest BCUT2D eigenvalue weighted by atomic mass is 32.2. The lowest BCUT2D eigenvalue weighted by Crippen LogP contribution is -2.16. The second kappa shape index (κ2) is 8.10. The van der Waals surface area contributed by atoms with Crippen molar-refractivity contribution in [3.8, 4) is 5.75 Å². The highest BCUT2D eigenvalue weighted by Gasteiger charge is 2.16. The van der Waals surface area contributed by atoms with Gasteiger partial charge in [-0.2, -0.15) is 0 Å². The highest BCUT2D eigenvalue weighted by molar-refractivity contribution is 7.92. The van der Waals surface area contributed by atoms with E-state index < -0.39 is 15.9 Å². The van der Waals surface area contributed by atoms with Crippen LogP contribution in [0, 0.1) is 6.92 Å². The number of anilines is 2. The Morgan fingerprint density at radius 3 is 2.46 bits per heavy atom. The van der Waals surface area contributed by atoms with Gasteiger partial charge in [-0.05, 0) is 37.3 Å². The molecule has 0 unspecified atom stereocenters. The zero-order valence-electron chi connectivity index (χ0n) is 15.3. The first kappa shape index (κ1) is 19.4.